The predicted octanol–water partition coefficient (Wildman–Crippen LogP) is 3.79. The highest BCUT2D eigenvalue weighted by molar-refractivity contribution is 5.92. The Hall–Kier alpha value is -2.09. The SMILES string of the molecule is CCc1cccc(-c2n[nH]c3ccccc23)c1. The van der Waals surface area contributed by atoms with E-state index in [4.69, 9.17) is 0 Å². The standard InChI is InChI=1S/C15H14N2/c1-2-11-6-5-7-12(10-11)15-13-8-3-4-9-14(13)16-17-15/h3-10H,2H2,1H3,(H,16,17). The number of hydrogen-bond donors (Lipinski definition) is 1. The summed E-state index contributed by atoms with van der Waals surface area (Å²) >= 11 is 0. The van der Waals surface area contributed by atoms with E-state index in [1.165, 1.54) is 16.5 Å². The van der Waals surface area contributed by atoms with Crippen molar-refractivity contribution >= 4 is 10.9 Å². The van der Waals surface area contributed by atoms with Crippen molar-refractivity contribution in [2.75, 3.05) is 0 Å². The van der Waals surface area contributed by atoms with E-state index in [0.717, 1.165) is 17.6 Å². The minimum absolute atomic E-state index is 1.04. The molecule has 0 amide bonds. The van der Waals surface area contributed by atoms with Gasteiger partial charge in [-0.25, -0.2) is 0 Å². The molecule has 0 aliphatic heterocycles. The van der Waals surface area contributed by atoms with E-state index in [0.29, 0.717) is 0 Å². The van der Waals surface area contributed by atoms with Gasteiger partial charge in [-0.05, 0) is 24.1 Å². The summed E-state index contributed by atoms with van der Waals surface area (Å²) in [5.74, 6) is 0. The Balaban J connectivity index is 2.20. The second-order valence-corrected chi connectivity index (χ2v) is 4.17. The van der Waals surface area contributed by atoms with Crippen LogP contribution in [-0.4, -0.2) is 10.2 Å². The third-order valence-corrected chi connectivity index (χ3v) is 3.08. The number of aromatic amines is 1. The molecule has 0 saturated carbocycles. The van der Waals surface area contributed by atoms with Crippen molar-refractivity contribution < 1.29 is 0 Å². The number of hydrogen-bond acceptors (Lipinski definition) is 1. The minimum atomic E-state index is 1.04. The van der Waals surface area contributed by atoms with Crippen LogP contribution >= 0.6 is 0 Å². The molecule has 0 bridgehead atoms. The zero-order valence-corrected chi connectivity index (χ0v) is 9.77. The van der Waals surface area contributed by atoms with Crippen molar-refractivity contribution in [1.82, 2.24) is 10.2 Å². The first-order valence-corrected chi connectivity index (χ1v) is 5.91. The van der Waals surface area contributed by atoms with E-state index in [9.17, 15) is 0 Å². The van der Waals surface area contributed by atoms with Crippen LogP contribution in [0.3, 0.4) is 0 Å². The van der Waals surface area contributed by atoms with Gasteiger partial charge in [0.2, 0.25) is 0 Å². The van der Waals surface area contributed by atoms with Crippen LogP contribution in [0.1, 0.15) is 12.5 Å². The van der Waals surface area contributed by atoms with Crippen LogP contribution in [0.15, 0.2) is 48.5 Å². The molecule has 0 atom stereocenters. The molecular formula is C15H14N2. The first-order chi connectivity index (χ1) is 8.38. The van der Waals surface area contributed by atoms with E-state index < -0.39 is 0 Å². The quantitative estimate of drug-likeness (QED) is 0.702. The molecule has 2 aromatic carbocycles. The van der Waals surface area contributed by atoms with Crippen molar-refractivity contribution in [2.45, 2.75) is 13.3 Å². The zero-order valence-electron chi connectivity index (χ0n) is 9.77. The summed E-state index contributed by atoms with van der Waals surface area (Å²) in [6.45, 7) is 2.17. The highest BCUT2D eigenvalue weighted by Crippen LogP contribution is 2.26. The Morgan fingerprint density at radius 1 is 1.06 bits per heavy atom. The Bertz CT molecular complexity index is 653. The second-order valence-electron chi connectivity index (χ2n) is 4.17. The first kappa shape index (κ1) is 10.1. The topological polar surface area (TPSA) is 28.7 Å². The van der Waals surface area contributed by atoms with Crippen LogP contribution in [0.2, 0.25) is 0 Å². The number of nitrogens with zero attached hydrogens (tertiary/aromatic N) is 1. The molecule has 1 heterocycles. The summed E-state index contributed by atoms with van der Waals surface area (Å²) in [5.41, 5.74) is 4.65. The van der Waals surface area contributed by atoms with Gasteiger partial charge in [0.15, 0.2) is 0 Å². The molecular weight excluding hydrogens is 208 g/mol. The maximum atomic E-state index is 4.42. The van der Waals surface area contributed by atoms with Crippen LogP contribution in [0.4, 0.5) is 0 Å². The van der Waals surface area contributed by atoms with Gasteiger partial charge in [-0.1, -0.05) is 43.3 Å². The average molecular weight is 222 g/mol. The van der Waals surface area contributed by atoms with Crippen molar-refractivity contribution in [3.63, 3.8) is 0 Å². The van der Waals surface area contributed by atoms with Gasteiger partial charge in [0.05, 0.1) is 11.2 Å². The molecule has 0 saturated heterocycles. The summed E-state index contributed by atoms with van der Waals surface area (Å²) in [5, 5.41) is 8.67. The lowest BCUT2D eigenvalue weighted by Gasteiger charge is -2.01. The van der Waals surface area contributed by atoms with E-state index in [1.807, 2.05) is 12.1 Å². The molecule has 0 unspecified atom stereocenters. The number of nitrogens with one attached hydrogen (secondary N) is 1. The minimum Gasteiger partial charge on any atom is -0.277 e. The summed E-state index contributed by atoms with van der Waals surface area (Å²) in [6.07, 6.45) is 1.05. The number of fused-ring (bicyclic) bond motifs is 1. The van der Waals surface area contributed by atoms with Crippen molar-refractivity contribution in [1.29, 1.82) is 0 Å². The Kier molecular flexibility index (Phi) is 2.41. The van der Waals surface area contributed by atoms with E-state index in [2.05, 4.69) is 53.5 Å². The molecule has 84 valence electrons. The molecule has 0 radical (unpaired) electrons. The summed E-state index contributed by atoms with van der Waals surface area (Å²) < 4.78 is 0. The number of H-pyrrole nitrogens is 1. The van der Waals surface area contributed by atoms with E-state index in [1.54, 1.807) is 0 Å². The smallest absolute Gasteiger partial charge is 0.0999 e. The maximum absolute atomic E-state index is 4.42. The fourth-order valence-electron chi connectivity index (χ4n) is 2.12. The second kappa shape index (κ2) is 4.06. The molecule has 0 spiro atoms. The molecule has 3 aromatic rings. The third-order valence-electron chi connectivity index (χ3n) is 3.08. The van der Waals surface area contributed by atoms with Crippen LogP contribution in [0.25, 0.3) is 22.2 Å². The Morgan fingerprint density at radius 2 is 1.94 bits per heavy atom. The molecule has 1 N–H and O–H groups in total. The maximum Gasteiger partial charge on any atom is 0.0999 e. The number of benzene rings is 2. The largest absolute Gasteiger partial charge is 0.277 e. The van der Waals surface area contributed by atoms with Gasteiger partial charge in [0.1, 0.15) is 0 Å². The van der Waals surface area contributed by atoms with Gasteiger partial charge in [-0.2, -0.15) is 5.10 Å². The number of aromatic nitrogens is 2. The van der Waals surface area contributed by atoms with Crippen molar-refractivity contribution in [3.05, 3.63) is 54.1 Å². The fourth-order valence-corrected chi connectivity index (χ4v) is 2.12. The summed E-state index contributed by atoms with van der Waals surface area (Å²) in [7, 11) is 0. The molecule has 0 fully saturated rings. The molecule has 17 heavy (non-hydrogen) atoms. The van der Waals surface area contributed by atoms with Crippen LogP contribution in [0, 0.1) is 0 Å². The highest BCUT2D eigenvalue weighted by atomic mass is 15.1. The molecule has 0 aliphatic carbocycles. The van der Waals surface area contributed by atoms with Gasteiger partial charge < -0.3 is 0 Å². The Labute approximate surface area is 100 Å². The zero-order chi connectivity index (χ0) is 11.7. The highest BCUT2D eigenvalue weighted by Gasteiger charge is 2.07. The predicted molar refractivity (Wildman–Crippen MR) is 70.9 cm³/mol. The van der Waals surface area contributed by atoms with Crippen molar-refractivity contribution in [2.24, 2.45) is 0 Å². The molecule has 2 nitrogen and oxygen atoms in total. The monoisotopic (exact) mass is 222 g/mol. The molecule has 1 aromatic heterocycles. The summed E-state index contributed by atoms with van der Waals surface area (Å²) in [6, 6.07) is 16.8. The molecule has 3 rings (SSSR count). The van der Waals surface area contributed by atoms with E-state index >= 15 is 0 Å². The van der Waals surface area contributed by atoms with Gasteiger partial charge >= 0.3 is 0 Å². The van der Waals surface area contributed by atoms with Gasteiger partial charge in [0.25, 0.3) is 0 Å². The number of rotatable bonds is 2. The van der Waals surface area contributed by atoms with Gasteiger partial charge in [-0.15, -0.1) is 0 Å². The van der Waals surface area contributed by atoms with Crippen LogP contribution in [-0.2, 0) is 6.42 Å². The number of para-hydroxylation sites is 1. The third kappa shape index (κ3) is 1.72. The van der Waals surface area contributed by atoms with Crippen molar-refractivity contribution in [3.8, 4) is 11.3 Å². The van der Waals surface area contributed by atoms with Gasteiger partial charge in [-0.3, -0.25) is 5.10 Å². The Morgan fingerprint density at radius 3 is 2.82 bits per heavy atom. The fraction of sp³-hybridized carbons (Fsp3) is 0.133. The summed E-state index contributed by atoms with van der Waals surface area (Å²) in [4.78, 5) is 0. The lowest BCUT2D eigenvalue weighted by molar-refractivity contribution is 1.11. The van der Waals surface area contributed by atoms with Crippen LogP contribution in [0.5, 0.6) is 0 Å². The average Bonchev–Trinajstić information content (AvgIpc) is 2.82. The van der Waals surface area contributed by atoms with Crippen LogP contribution < -0.4 is 0 Å². The molecule has 2 heteroatoms. The number of aryl methyl sites for hydroxylation is 1. The normalized spacial score (nSPS) is 10.9. The van der Waals surface area contributed by atoms with E-state index in [-0.39, 0.29) is 0 Å². The molecule has 0 aliphatic rings. The van der Waals surface area contributed by atoms with Gasteiger partial charge in [0, 0.05) is 10.9 Å². The lowest BCUT2D eigenvalue weighted by Crippen LogP contribution is -1.83. The first-order valence-electron chi connectivity index (χ1n) is 5.91. The lowest BCUT2D eigenvalue weighted by atomic mass is 10.0.